The summed E-state index contributed by atoms with van der Waals surface area (Å²) in [6.45, 7) is 1.12. The normalized spacial score (nSPS) is 20.5. The largest absolute Gasteiger partial charge is 0.480 e. The summed E-state index contributed by atoms with van der Waals surface area (Å²) in [5.41, 5.74) is 1.73. The minimum Gasteiger partial charge on any atom is -0.480 e. The summed E-state index contributed by atoms with van der Waals surface area (Å²) in [7, 11) is 0. The SMILES string of the molecule is O=C(C[C@H](Cc1ccccc1)NC(=O)[C@@H]1CCCN1)N[C@@H](Cc1cccnc1)C(=O)N1CCC[C@H]1C(=O)O. The number of carbonyl (C=O) groups is 4. The van der Waals surface area contributed by atoms with E-state index in [0.29, 0.717) is 25.8 Å². The molecule has 1 aromatic carbocycles. The molecule has 0 bridgehead atoms. The van der Waals surface area contributed by atoms with Crippen LogP contribution in [0.2, 0.25) is 0 Å². The molecule has 2 aromatic rings. The maximum absolute atomic E-state index is 13.5. The predicted octanol–water partition coefficient (Wildman–Crippen LogP) is 1.05. The molecule has 2 aliphatic rings. The lowest BCUT2D eigenvalue weighted by Crippen LogP contribution is -2.54. The third kappa shape index (κ3) is 7.38. The zero-order valence-corrected chi connectivity index (χ0v) is 21.3. The van der Waals surface area contributed by atoms with Gasteiger partial charge in [-0.1, -0.05) is 36.4 Å². The number of aliphatic carboxylic acids is 1. The van der Waals surface area contributed by atoms with E-state index in [1.807, 2.05) is 36.4 Å². The van der Waals surface area contributed by atoms with Crippen LogP contribution in [0, 0.1) is 0 Å². The zero-order valence-electron chi connectivity index (χ0n) is 21.3. The van der Waals surface area contributed by atoms with Crippen molar-refractivity contribution in [2.24, 2.45) is 0 Å². The average Bonchev–Trinajstić information content (AvgIpc) is 3.62. The highest BCUT2D eigenvalue weighted by atomic mass is 16.4. The van der Waals surface area contributed by atoms with Crippen LogP contribution in [0.5, 0.6) is 0 Å². The lowest BCUT2D eigenvalue weighted by Gasteiger charge is -2.28. The molecule has 0 saturated carbocycles. The first-order valence-electron chi connectivity index (χ1n) is 13.2. The molecule has 38 heavy (non-hydrogen) atoms. The maximum Gasteiger partial charge on any atom is 0.326 e. The van der Waals surface area contributed by atoms with Crippen molar-refractivity contribution in [2.75, 3.05) is 13.1 Å². The Morgan fingerprint density at radius 1 is 1.00 bits per heavy atom. The quantitative estimate of drug-likeness (QED) is 0.346. The number of carboxylic acid groups (broad SMARTS) is 1. The third-order valence-corrected chi connectivity index (χ3v) is 7.10. The Morgan fingerprint density at radius 2 is 1.79 bits per heavy atom. The van der Waals surface area contributed by atoms with E-state index in [-0.39, 0.29) is 30.7 Å². The summed E-state index contributed by atoms with van der Waals surface area (Å²) in [5, 5.41) is 18.6. The van der Waals surface area contributed by atoms with Crippen LogP contribution in [0.1, 0.15) is 43.2 Å². The highest BCUT2D eigenvalue weighted by molar-refractivity contribution is 5.91. The first kappa shape index (κ1) is 27.3. The number of carboxylic acids is 1. The molecule has 0 aliphatic carbocycles. The van der Waals surface area contributed by atoms with E-state index in [4.69, 9.17) is 0 Å². The molecule has 2 saturated heterocycles. The highest BCUT2D eigenvalue weighted by Crippen LogP contribution is 2.20. The van der Waals surface area contributed by atoms with E-state index in [9.17, 15) is 24.3 Å². The van der Waals surface area contributed by atoms with Gasteiger partial charge in [0.15, 0.2) is 0 Å². The van der Waals surface area contributed by atoms with E-state index in [1.54, 1.807) is 18.5 Å². The van der Waals surface area contributed by atoms with Crippen LogP contribution < -0.4 is 16.0 Å². The second-order valence-corrected chi connectivity index (χ2v) is 9.96. The van der Waals surface area contributed by atoms with Gasteiger partial charge in [-0.15, -0.1) is 0 Å². The summed E-state index contributed by atoms with van der Waals surface area (Å²) in [6, 6.07) is 10.6. The molecule has 0 unspecified atom stereocenters. The van der Waals surface area contributed by atoms with Crippen molar-refractivity contribution in [1.29, 1.82) is 0 Å². The van der Waals surface area contributed by atoms with Gasteiger partial charge in [0.05, 0.1) is 6.04 Å². The second kappa shape index (κ2) is 13.1. The number of amides is 3. The Kier molecular flexibility index (Phi) is 9.42. The Labute approximate surface area is 222 Å². The Hall–Kier alpha value is -3.79. The first-order valence-corrected chi connectivity index (χ1v) is 13.2. The summed E-state index contributed by atoms with van der Waals surface area (Å²) < 4.78 is 0. The zero-order chi connectivity index (χ0) is 26.9. The van der Waals surface area contributed by atoms with Crippen LogP contribution in [0.4, 0.5) is 0 Å². The van der Waals surface area contributed by atoms with E-state index in [0.717, 1.165) is 30.5 Å². The molecule has 10 heteroatoms. The summed E-state index contributed by atoms with van der Waals surface area (Å²) in [4.78, 5) is 56.8. The van der Waals surface area contributed by atoms with Crippen LogP contribution in [0.3, 0.4) is 0 Å². The predicted molar refractivity (Wildman–Crippen MR) is 140 cm³/mol. The summed E-state index contributed by atoms with van der Waals surface area (Å²) in [6.07, 6.45) is 6.52. The van der Waals surface area contributed by atoms with Crippen molar-refractivity contribution in [3.05, 3.63) is 66.0 Å². The van der Waals surface area contributed by atoms with Gasteiger partial charge in [0, 0.05) is 37.8 Å². The average molecular weight is 522 g/mol. The van der Waals surface area contributed by atoms with Crippen LogP contribution in [0.15, 0.2) is 54.9 Å². The summed E-state index contributed by atoms with van der Waals surface area (Å²) in [5.74, 6) is -2.00. The van der Waals surface area contributed by atoms with Crippen molar-refractivity contribution in [3.63, 3.8) is 0 Å². The fraction of sp³-hybridized carbons (Fsp3) is 0.464. The minimum atomic E-state index is -1.05. The molecule has 4 atom stereocenters. The van der Waals surface area contributed by atoms with Gasteiger partial charge in [-0.3, -0.25) is 19.4 Å². The Bertz CT molecular complexity index is 1110. The van der Waals surface area contributed by atoms with Crippen molar-refractivity contribution in [1.82, 2.24) is 25.8 Å². The van der Waals surface area contributed by atoms with Gasteiger partial charge >= 0.3 is 5.97 Å². The number of rotatable bonds is 11. The van der Waals surface area contributed by atoms with Gasteiger partial charge in [0.2, 0.25) is 17.7 Å². The Balaban J connectivity index is 1.48. The van der Waals surface area contributed by atoms with Crippen LogP contribution >= 0.6 is 0 Å². The van der Waals surface area contributed by atoms with Crippen molar-refractivity contribution in [2.45, 2.75) is 69.1 Å². The van der Waals surface area contributed by atoms with Crippen LogP contribution in [-0.2, 0) is 32.0 Å². The number of carbonyl (C=O) groups excluding carboxylic acids is 3. The molecule has 3 amide bonds. The van der Waals surface area contributed by atoms with E-state index < -0.39 is 30.0 Å². The monoisotopic (exact) mass is 521 g/mol. The summed E-state index contributed by atoms with van der Waals surface area (Å²) >= 11 is 0. The fourth-order valence-electron chi connectivity index (χ4n) is 5.20. The van der Waals surface area contributed by atoms with Gasteiger partial charge in [-0.05, 0) is 55.8 Å². The molecule has 3 heterocycles. The number of nitrogens with one attached hydrogen (secondary N) is 3. The molecular weight excluding hydrogens is 486 g/mol. The fourth-order valence-corrected chi connectivity index (χ4v) is 5.20. The number of nitrogens with zero attached hydrogens (tertiary/aromatic N) is 2. The highest BCUT2D eigenvalue weighted by Gasteiger charge is 2.38. The first-order chi connectivity index (χ1) is 18.4. The molecular formula is C28H35N5O5. The number of hydrogen-bond donors (Lipinski definition) is 4. The van der Waals surface area contributed by atoms with Crippen molar-refractivity contribution < 1.29 is 24.3 Å². The van der Waals surface area contributed by atoms with Crippen molar-refractivity contribution in [3.8, 4) is 0 Å². The smallest absolute Gasteiger partial charge is 0.326 e. The molecule has 0 spiro atoms. The third-order valence-electron chi connectivity index (χ3n) is 7.10. The number of aromatic nitrogens is 1. The number of pyridine rings is 1. The molecule has 10 nitrogen and oxygen atoms in total. The lowest BCUT2D eigenvalue weighted by atomic mass is 10.0. The number of benzene rings is 1. The molecule has 2 aliphatic heterocycles. The Morgan fingerprint density at radius 3 is 2.47 bits per heavy atom. The molecule has 1 aromatic heterocycles. The van der Waals surface area contributed by atoms with Gasteiger partial charge in [0.1, 0.15) is 12.1 Å². The van der Waals surface area contributed by atoms with Gasteiger partial charge in [0.25, 0.3) is 0 Å². The second-order valence-electron chi connectivity index (χ2n) is 9.96. The van der Waals surface area contributed by atoms with Gasteiger partial charge in [-0.2, -0.15) is 0 Å². The van der Waals surface area contributed by atoms with E-state index >= 15 is 0 Å². The molecule has 4 N–H and O–H groups in total. The maximum atomic E-state index is 13.5. The van der Waals surface area contributed by atoms with Crippen LogP contribution in [-0.4, -0.2) is 75.9 Å². The van der Waals surface area contributed by atoms with E-state index in [1.165, 1.54) is 4.90 Å². The molecule has 202 valence electrons. The van der Waals surface area contributed by atoms with Crippen molar-refractivity contribution >= 4 is 23.7 Å². The topological polar surface area (TPSA) is 141 Å². The van der Waals surface area contributed by atoms with Crippen LogP contribution in [0.25, 0.3) is 0 Å². The minimum absolute atomic E-state index is 0.0213. The molecule has 2 fully saturated rings. The molecule has 0 radical (unpaired) electrons. The molecule has 4 rings (SSSR count). The number of likely N-dealkylation sites (tertiary alicyclic amines) is 1. The van der Waals surface area contributed by atoms with E-state index in [2.05, 4.69) is 20.9 Å². The number of hydrogen-bond acceptors (Lipinski definition) is 6. The van der Waals surface area contributed by atoms with Gasteiger partial charge < -0.3 is 26.0 Å². The standard InChI is InChI=1S/C28H35N5O5/c34-25(17-21(15-19-7-2-1-3-8-19)31-26(35)22-10-5-13-30-22)32-23(16-20-9-4-12-29-18-20)27(36)33-14-6-11-24(33)28(37)38/h1-4,7-9,12,18,21-24,30H,5-6,10-11,13-17H2,(H,31,35)(H,32,34)(H,37,38)/t21-,22-,23-,24-/m0/s1. The van der Waals surface area contributed by atoms with Gasteiger partial charge in [-0.25, -0.2) is 4.79 Å². The lowest BCUT2D eigenvalue weighted by molar-refractivity contribution is -0.149.